The van der Waals surface area contributed by atoms with Crippen LogP contribution in [-0.2, 0) is 0 Å². The van der Waals surface area contributed by atoms with Crippen LogP contribution in [0.3, 0.4) is 0 Å². The molecule has 0 unspecified atom stereocenters. The third-order valence-corrected chi connectivity index (χ3v) is 3.03. The summed E-state index contributed by atoms with van der Waals surface area (Å²) < 4.78 is 10.2. The van der Waals surface area contributed by atoms with E-state index in [1.54, 1.807) is 0 Å². The predicted octanol–water partition coefficient (Wildman–Crippen LogP) is 3.08. The first kappa shape index (κ1) is 15.6. The Morgan fingerprint density at radius 2 is 2.00 bits per heavy atom. The van der Waals surface area contributed by atoms with Crippen molar-refractivity contribution in [2.75, 3.05) is 6.61 Å². The average Bonchev–Trinajstić information content (AvgIpc) is 2.98. The van der Waals surface area contributed by atoms with Gasteiger partial charge in [-0.25, -0.2) is 0 Å². The summed E-state index contributed by atoms with van der Waals surface area (Å²) in [4.78, 5) is 21.8. The Kier molecular flexibility index (Phi) is 4.77. The zero-order valence-electron chi connectivity index (χ0n) is 12.2. The van der Waals surface area contributed by atoms with Crippen molar-refractivity contribution in [3.8, 4) is 5.75 Å². The number of amides is 1. The van der Waals surface area contributed by atoms with Gasteiger partial charge in [-0.15, -0.1) is 0 Å². The van der Waals surface area contributed by atoms with Gasteiger partial charge < -0.3 is 14.5 Å². The zero-order valence-corrected chi connectivity index (χ0v) is 12.2. The first-order valence-corrected chi connectivity index (χ1v) is 6.79. The van der Waals surface area contributed by atoms with Crippen LogP contribution < -0.4 is 10.1 Å². The van der Waals surface area contributed by atoms with E-state index in [2.05, 4.69) is 5.32 Å². The van der Waals surface area contributed by atoms with Crippen molar-refractivity contribution in [3.63, 3.8) is 0 Å². The van der Waals surface area contributed by atoms with Crippen LogP contribution in [0.5, 0.6) is 5.75 Å². The third kappa shape index (κ3) is 3.63. The molecule has 1 amide bonds. The first-order valence-electron chi connectivity index (χ1n) is 6.79. The Labute approximate surface area is 127 Å². The molecule has 0 bridgehead atoms. The zero-order chi connectivity index (χ0) is 16.1. The van der Waals surface area contributed by atoms with Gasteiger partial charge in [-0.2, -0.15) is 0 Å². The molecule has 0 radical (unpaired) electrons. The highest BCUT2D eigenvalue weighted by molar-refractivity contribution is 5.91. The summed E-state index contributed by atoms with van der Waals surface area (Å²) in [5, 5.41) is 13.3. The summed E-state index contributed by atoms with van der Waals surface area (Å²) >= 11 is 0. The van der Waals surface area contributed by atoms with Gasteiger partial charge in [-0.3, -0.25) is 14.9 Å². The van der Waals surface area contributed by atoms with Crippen LogP contribution in [0.4, 0.5) is 5.88 Å². The van der Waals surface area contributed by atoms with Gasteiger partial charge >= 0.3 is 5.88 Å². The molecule has 7 nitrogen and oxygen atoms in total. The number of nitrogens with zero attached hydrogens (tertiary/aromatic N) is 1. The second-order valence-electron chi connectivity index (χ2n) is 4.59. The second kappa shape index (κ2) is 6.75. The largest absolute Gasteiger partial charge is 0.494 e. The highest BCUT2D eigenvalue weighted by atomic mass is 16.6. The highest BCUT2D eigenvalue weighted by Crippen LogP contribution is 2.19. The fourth-order valence-electron chi connectivity index (χ4n) is 1.92. The Morgan fingerprint density at radius 1 is 1.32 bits per heavy atom. The Morgan fingerprint density at radius 3 is 2.55 bits per heavy atom. The fourth-order valence-corrected chi connectivity index (χ4v) is 1.92. The number of hydrogen-bond donors (Lipinski definition) is 1. The molecule has 2 aromatic rings. The monoisotopic (exact) mass is 304 g/mol. The lowest BCUT2D eigenvalue weighted by Crippen LogP contribution is -2.26. The molecule has 0 saturated carbocycles. The van der Waals surface area contributed by atoms with Crippen molar-refractivity contribution in [2.24, 2.45) is 0 Å². The molecule has 1 aromatic carbocycles. The number of ether oxygens (including phenoxy) is 1. The van der Waals surface area contributed by atoms with E-state index in [4.69, 9.17) is 9.15 Å². The topological polar surface area (TPSA) is 94.6 Å². The van der Waals surface area contributed by atoms with E-state index in [1.807, 2.05) is 38.1 Å². The maximum absolute atomic E-state index is 12.0. The quantitative estimate of drug-likeness (QED) is 0.653. The van der Waals surface area contributed by atoms with Crippen molar-refractivity contribution >= 4 is 11.8 Å². The Balaban J connectivity index is 2.02. The molecule has 0 aliphatic heterocycles. The number of furan rings is 1. The smallest absolute Gasteiger partial charge is 0.433 e. The van der Waals surface area contributed by atoms with Crippen LogP contribution in [0.25, 0.3) is 0 Å². The Bertz CT molecular complexity index is 663. The lowest BCUT2D eigenvalue weighted by Gasteiger charge is -2.14. The third-order valence-electron chi connectivity index (χ3n) is 3.03. The standard InChI is InChI=1S/C15H16N2O5/c1-3-21-12-6-4-11(5-7-12)10(2)16-15(18)13-8-9-14(22-13)17(19)20/h4-10H,3H2,1-2H3,(H,16,18)/t10-/m0/s1. The van der Waals surface area contributed by atoms with E-state index >= 15 is 0 Å². The van der Waals surface area contributed by atoms with Crippen molar-refractivity contribution in [1.82, 2.24) is 5.32 Å². The highest BCUT2D eigenvalue weighted by Gasteiger charge is 2.19. The van der Waals surface area contributed by atoms with E-state index in [0.717, 1.165) is 17.4 Å². The Hall–Kier alpha value is -2.83. The van der Waals surface area contributed by atoms with E-state index in [9.17, 15) is 14.9 Å². The first-order chi connectivity index (χ1) is 10.5. The van der Waals surface area contributed by atoms with Crippen LogP contribution in [0.2, 0.25) is 0 Å². The fraction of sp³-hybridized carbons (Fsp3) is 0.267. The molecule has 0 saturated heterocycles. The molecule has 0 aliphatic rings. The molecule has 2 rings (SSSR count). The summed E-state index contributed by atoms with van der Waals surface area (Å²) in [5.74, 6) is -0.302. The summed E-state index contributed by atoms with van der Waals surface area (Å²) in [7, 11) is 0. The minimum atomic E-state index is -0.688. The summed E-state index contributed by atoms with van der Waals surface area (Å²) in [6, 6.07) is 9.49. The predicted molar refractivity (Wildman–Crippen MR) is 78.9 cm³/mol. The number of carbonyl (C=O) groups excluding carboxylic acids is 1. The minimum Gasteiger partial charge on any atom is -0.494 e. The van der Waals surface area contributed by atoms with Crippen molar-refractivity contribution in [2.45, 2.75) is 19.9 Å². The van der Waals surface area contributed by atoms with Gasteiger partial charge in [0, 0.05) is 0 Å². The molecule has 1 N–H and O–H groups in total. The molecule has 0 aliphatic carbocycles. The van der Waals surface area contributed by atoms with Crippen LogP contribution in [0.15, 0.2) is 40.8 Å². The van der Waals surface area contributed by atoms with Gasteiger partial charge in [-0.05, 0) is 37.6 Å². The number of benzene rings is 1. The number of nitro groups is 1. The summed E-state index contributed by atoms with van der Waals surface area (Å²) in [6.07, 6.45) is 0. The maximum Gasteiger partial charge on any atom is 0.433 e. The van der Waals surface area contributed by atoms with Crippen LogP contribution in [-0.4, -0.2) is 17.4 Å². The molecule has 1 aromatic heterocycles. The normalized spacial score (nSPS) is 11.7. The van der Waals surface area contributed by atoms with Crippen LogP contribution in [0, 0.1) is 10.1 Å². The van der Waals surface area contributed by atoms with Crippen LogP contribution >= 0.6 is 0 Å². The van der Waals surface area contributed by atoms with Crippen molar-refractivity contribution in [1.29, 1.82) is 0 Å². The molecule has 1 atom stereocenters. The SMILES string of the molecule is CCOc1ccc([C@H](C)NC(=O)c2ccc([N+](=O)[O-])o2)cc1. The molecular weight excluding hydrogens is 288 g/mol. The van der Waals surface area contributed by atoms with E-state index in [-0.39, 0.29) is 11.8 Å². The lowest BCUT2D eigenvalue weighted by molar-refractivity contribution is -0.402. The number of carbonyl (C=O) groups is 1. The average molecular weight is 304 g/mol. The van der Waals surface area contributed by atoms with Gasteiger partial charge in [0.05, 0.1) is 18.7 Å². The second-order valence-corrected chi connectivity index (χ2v) is 4.59. The number of rotatable bonds is 6. The van der Waals surface area contributed by atoms with Gasteiger partial charge in [0.2, 0.25) is 0 Å². The molecular formula is C15H16N2O5. The van der Waals surface area contributed by atoms with Gasteiger partial charge in [0.15, 0.2) is 5.76 Å². The summed E-state index contributed by atoms with van der Waals surface area (Å²) in [5.41, 5.74) is 0.887. The molecule has 0 fully saturated rings. The molecule has 1 heterocycles. The van der Waals surface area contributed by atoms with E-state index in [1.165, 1.54) is 6.07 Å². The van der Waals surface area contributed by atoms with Crippen molar-refractivity contribution < 1.29 is 18.9 Å². The summed E-state index contributed by atoms with van der Waals surface area (Å²) in [6.45, 7) is 4.30. The number of hydrogen-bond acceptors (Lipinski definition) is 5. The molecule has 22 heavy (non-hydrogen) atoms. The van der Waals surface area contributed by atoms with E-state index < -0.39 is 16.7 Å². The van der Waals surface area contributed by atoms with Gasteiger partial charge in [-0.1, -0.05) is 12.1 Å². The minimum absolute atomic E-state index is 0.0931. The molecule has 0 spiro atoms. The maximum atomic E-state index is 12.0. The van der Waals surface area contributed by atoms with E-state index in [0.29, 0.717) is 6.61 Å². The van der Waals surface area contributed by atoms with Gasteiger partial charge in [0.1, 0.15) is 10.7 Å². The lowest BCUT2D eigenvalue weighted by atomic mass is 10.1. The van der Waals surface area contributed by atoms with Gasteiger partial charge in [0.25, 0.3) is 5.91 Å². The van der Waals surface area contributed by atoms with Crippen molar-refractivity contribution in [3.05, 3.63) is 57.8 Å². The number of nitrogens with one attached hydrogen (secondary N) is 1. The molecule has 116 valence electrons. The molecule has 7 heteroatoms. The van der Waals surface area contributed by atoms with Crippen LogP contribution in [0.1, 0.15) is 36.0 Å².